The molecule has 1 spiro atoms. The third-order valence-corrected chi connectivity index (χ3v) is 8.07. The van der Waals surface area contributed by atoms with E-state index in [4.69, 9.17) is 4.74 Å². The fourth-order valence-corrected chi connectivity index (χ4v) is 7.04. The van der Waals surface area contributed by atoms with E-state index in [0.717, 1.165) is 29.9 Å². The number of phenolic OH excluding ortho intramolecular Hbond substituents is 1. The van der Waals surface area contributed by atoms with Gasteiger partial charge in [0.05, 0.1) is 0 Å². The molecule has 1 N–H and O–H groups in total. The van der Waals surface area contributed by atoms with Gasteiger partial charge in [0.1, 0.15) is 17.6 Å². The van der Waals surface area contributed by atoms with Crippen LogP contribution in [0.5, 0.6) is 11.5 Å². The van der Waals surface area contributed by atoms with Crippen LogP contribution in [0.15, 0.2) is 48.5 Å². The summed E-state index contributed by atoms with van der Waals surface area (Å²) in [4.78, 5) is 0. The molecular formula is C24H26O2. The molecule has 4 aliphatic rings. The van der Waals surface area contributed by atoms with E-state index in [0.29, 0.717) is 17.1 Å². The molecule has 0 aliphatic heterocycles. The van der Waals surface area contributed by atoms with Gasteiger partial charge in [-0.15, -0.1) is 0 Å². The van der Waals surface area contributed by atoms with E-state index in [1.165, 1.54) is 43.2 Å². The molecule has 0 heterocycles. The Hall–Kier alpha value is -1.96. The quantitative estimate of drug-likeness (QED) is 0.799. The van der Waals surface area contributed by atoms with Crippen molar-refractivity contribution in [3.05, 3.63) is 59.7 Å². The highest BCUT2D eigenvalue weighted by molar-refractivity contribution is 5.42. The molecule has 6 rings (SSSR count). The van der Waals surface area contributed by atoms with Gasteiger partial charge in [0, 0.05) is 5.92 Å². The van der Waals surface area contributed by atoms with Crippen molar-refractivity contribution in [2.75, 3.05) is 0 Å². The van der Waals surface area contributed by atoms with Crippen LogP contribution in [0.1, 0.15) is 49.1 Å². The van der Waals surface area contributed by atoms with Gasteiger partial charge in [-0.3, -0.25) is 0 Å². The average molecular weight is 346 g/mol. The van der Waals surface area contributed by atoms with Crippen LogP contribution >= 0.6 is 0 Å². The molecule has 0 bridgehead atoms. The lowest BCUT2D eigenvalue weighted by molar-refractivity contribution is 0.00359. The minimum Gasteiger partial charge on any atom is -0.508 e. The fraction of sp³-hybridized carbons (Fsp3) is 0.500. The predicted molar refractivity (Wildman–Crippen MR) is 101 cm³/mol. The number of fused-ring (bicyclic) bond motifs is 4. The molecule has 2 aromatic rings. The maximum absolute atomic E-state index is 9.95. The number of benzene rings is 2. The Bertz CT molecular complexity index is 845. The van der Waals surface area contributed by atoms with Gasteiger partial charge in [-0.2, -0.15) is 0 Å². The summed E-state index contributed by atoms with van der Waals surface area (Å²) >= 11 is 0. The van der Waals surface area contributed by atoms with Crippen molar-refractivity contribution in [2.24, 2.45) is 23.2 Å². The van der Waals surface area contributed by atoms with E-state index < -0.39 is 0 Å². The molecule has 4 unspecified atom stereocenters. The molecule has 0 amide bonds. The standard InChI is InChI=1S/C24H26O2/c25-17-8-10-19-15(12-17)6-9-20-21-11-7-16-13-24(16,21)14-22(23(19)20)26-18-4-2-1-3-5-18/h1-5,8,10,12,16,20-23,25H,6-7,9,11,13-14H2/t16?,20?,21?,22-,23+,24?/m0/s1. The van der Waals surface area contributed by atoms with Gasteiger partial charge in [-0.05, 0) is 97.1 Å². The Morgan fingerprint density at radius 2 is 1.85 bits per heavy atom. The predicted octanol–water partition coefficient (Wildman–Crippen LogP) is 5.31. The fourth-order valence-electron chi connectivity index (χ4n) is 7.04. The molecule has 0 radical (unpaired) electrons. The van der Waals surface area contributed by atoms with Crippen LogP contribution in [0.3, 0.4) is 0 Å². The Balaban J connectivity index is 1.43. The van der Waals surface area contributed by atoms with Crippen LogP contribution in [0, 0.1) is 23.2 Å². The summed E-state index contributed by atoms with van der Waals surface area (Å²) in [5.74, 6) is 4.51. The van der Waals surface area contributed by atoms with Gasteiger partial charge in [-0.1, -0.05) is 24.3 Å². The van der Waals surface area contributed by atoms with E-state index in [2.05, 4.69) is 36.4 Å². The lowest BCUT2D eigenvalue weighted by atomic mass is 9.57. The van der Waals surface area contributed by atoms with E-state index in [9.17, 15) is 5.11 Å². The monoisotopic (exact) mass is 346 g/mol. The zero-order chi connectivity index (χ0) is 17.3. The maximum Gasteiger partial charge on any atom is 0.119 e. The molecule has 6 atom stereocenters. The topological polar surface area (TPSA) is 29.5 Å². The molecule has 2 heteroatoms. The van der Waals surface area contributed by atoms with E-state index in [1.807, 2.05) is 12.1 Å². The molecule has 2 nitrogen and oxygen atoms in total. The molecule has 26 heavy (non-hydrogen) atoms. The molecule has 134 valence electrons. The number of ether oxygens (including phenoxy) is 1. The van der Waals surface area contributed by atoms with Gasteiger partial charge < -0.3 is 9.84 Å². The first-order valence-corrected chi connectivity index (χ1v) is 10.3. The molecule has 2 aromatic carbocycles. The van der Waals surface area contributed by atoms with Crippen molar-refractivity contribution in [1.29, 1.82) is 0 Å². The van der Waals surface area contributed by atoms with Gasteiger partial charge in [0.25, 0.3) is 0 Å². The van der Waals surface area contributed by atoms with Crippen molar-refractivity contribution in [3.8, 4) is 11.5 Å². The normalized spacial score (nSPS) is 39.3. The zero-order valence-electron chi connectivity index (χ0n) is 15.1. The SMILES string of the molecule is Oc1ccc2c(c1)CCC1C3CCC4CC43C[C@H](Oc3ccccc3)[C@H]21. The number of rotatable bonds is 2. The Kier molecular flexibility index (Phi) is 3.07. The molecule has 0 aromatic heterocycles. The van der Waals surface area contributed by atoms with E-state index >= 15 is 0 Å². The minimum absolute atomic E-state index is 0.269. The van der Waals surface area contributed by atoms with Gasteiger partial charge in [-0.25, -0.2) is 0 Å². The lowest BCUT2D eigenvalue weighted by Gasteiger charge is -2.49. The second kappa shape index (κ2) is 5.28. The summed E-state index contributed by atoms with van der Waals surface area (Å²) in [6, 6.07) is 16.4. The second-order valence-electron chi connectivity index (χ2n) is 9.10. The molecule has 0 saturated heterocycles. The van der Waals surface area contributed by atoms with E-state index in [1.54, 1.807) is 0 Å². The third kappa shape index (κ3) is 2.05. The number of para-hydroxylation sites is 1. The first-order chi connectivity index (χ1) is 12.7. The van der Waals surface area contributed by atoms with Crippen molar-refractivity contribution in [2.45, 2.75) is 50.5 Å². The van der Waals surface area contributed by atoms with Crippen LogP contribution in [0.2, 0.25) is 0 Å². The summed E-state index contributed by atoms with van der Waals surface area (Å²) in [6.07, 6.45) is 8.17. The number of hydrogen-bond donors (Lipinski definition) is 1. The molecule has 4 aliphatic carbocycles. The highest BCUT2D eigenvalue weighted by Crippen LogP contribution is 2.75. The third-order valence-electron chi connectivity index (χ3n) is 8.07. The lowest BCUT2D eigenvalue weighted by Crippen LogP contribution is -2.46. The maximum atomic E-state index is 9.95. The van der Waals surface area contributed by atoms with Gasteiger partial charge in [0.15, 0.2) is 0 Å². The number of aromatic hydroxyl groups is 1. The number of phenols is 1. The van der Waals surface area contributed by atoms with Crippen LogP contribution in [0.4, 0.5) is 0 Å². The number of aryl methyl sites for hydroxylation is 1. The van der Waals surface area contributed by atoms with Crippen LogP contribution in [-0.2, 0) is 6.42 Å². The van der Waals surface area contributed by atoms with Crippen molar-refractivity contribution < 1.29 is 9.84 Å². The van der Waals surface area contributed by atoms with Crippen molar-refractivity contribution in [3.63, 3.8) is 0 Å². The second-order valence-corrected chi connectivity index (χ2v) is 9.10. The smallest absolute Gasteiger partial charge is 0.119 e. The first-order valence-electron chi connectivity index (χ1n) is 10.3. The van der Waals surface area contributed by atoms with Crippen LogP contribution in [-0.4, -0.2) is 11.2 Å². The van der Waals surface area contributed by atoms with Crippen molar-refractivity contribution >= 4 is 0 Å². The summed E-state index contributed by atoms with van der Waals surface area (Å²) < 4.78 is 6.65. The highest BCUT2D eigenvalue weighted by atomic mass is 16.5. The van der Waals surface area contributed by atoms with Gasteiger partial charge >= 0.3 is 0 Å². The minimum atomic E-state index is 0.269. The first kappa shape index (κ1) is 15.1. The Morgan fingerprint density at radius 3 is 2.69 bits per heavy atom. The molecule has 3 fully saturated rings. The summed E-state index contributed by atoms with van der Waals surface area (Å²) in [7, 11) is 0. The summed E-state index contributed by atoms with van der Waals surface area (Å²) in [5.41, 5.74) is 3.38. The molecular weight excluding hydrogens is 320 g/mol. The molecule has 3 saturated carbocycles. The summed E-state index contributed by atoms with van der Waals surface area (Å²) in [5, 5.41) is 9.95. The zero-order valence-corrected chi connectivity index (χ0v) is 15.1. The Labute approximate surface area is 155 Å². The van der Waals surface area contributed by atoms with E-state index in [-0.39, 0.29) is 6.10 Å². The summed E-state index contributed by atoms with van der Waals surface area (Å²) in [6.45, 7) is 0. The van der Waals surface area contributed by atoms with Crippen LogP contribution < -0.4 is 4.74 Å². The van der Waals surface area contributed by atoms with Crippen LogP contribution in [0.25, 0.3) is 0 Å². The number of hydrogen-bond acceptors (Lipinski definition) is 2. The highest BCUT2D eigenvalue weighted by Gasteiger charge is 2.68. The Morgan fingerprint density at radius 1 is 0.962 bits per heavy atom. The average Bonchev–Trinajstić information content (AvgIpc) is 3.23. The largest absolute Gasteiger partial charge is 0.508 e. The van der Waals surface area contributed by atoms with Crippen molar-refractivity contribution in [1.82, 2.24) is 0 Å². The van der Waals surface area contributed by atoms with Gasteiger partial charge in [0.2, 0.25) is 0 Å².